The van der Waals surface area contributed by atoms with E-state index in [1.807, 2.05) is 0 Å². The van der Waals surface area contributed by atoms with Crippen molar-refractivity contribution in [2.24, 2.45) is 5.73 Å². The molecular formula is C16H25N3O3. The number of anilines is 1. The van der Waals surface area contributed by atoms with Gasteiger partial charge in [-0.3, -0.25) is 9.59 Å². The van der Waals surface area contributed by atoms with E-state index in [0.717, 1.165) is 19.3 Å². The quantitative estimate of drug-likeness (QED) is 0.543. The molecular weight excluding hydrogens is 282 g/mol. The van der Waals surface area contributed by atoms with Crippen LogP contribution >= 0.6 is 0 Å². The Bertz CT molecular complexity index is 486. The minimum absolute atomic E-state index is 0.130. The zero-order chi connectivity index (χ0) is 16.5. The fourth-order valence-electron chi connectivity index (χ4n) is 1.83. The van der Waals surface area contributed by atoms with Gasteiger partial charge in [-0.1, -0.05) is 19.8 Å². The molecule has 6 heteroatoms. The van der Waals surface area contributed by atoms with Crippen LogP contribution in [-0.4, -0.2) is 35.6 Å². The summed E-state index contributed by atoms with van der Waals surface area (Å²) in [6, 6.07) is 5.56. The van der Waals surface area contributed by atoms with Crippen molar-refractivity contribution >= 4 is 17.5 Å². The molecule has 0 aliphatic heterocycles. The van der Waals surface area contributed by atoms with Gasteiger partial charge in [-0.25, -0.2) is 0 Å². The Hall–Kier alpha value is -1.92. The second-order valence-corrected chi connectivity index (χ2v) is 5.30. The third-order valence-electron chi connectivity index (χ3n) is 3.30. The summed E-state index contributed by atoms with van der Waals surface area (Å²) in [7, 11) is 0. The number of carbonyl (C=O) groups excluding carboxylic acids is 2. The molecule has 1 aromatic rings. The van der Waals surface area contributed by atoms with Crippen LogP contribution in [0.2, 0.25) is 0 Å². The monoisotopic (exact) mass is 307 g/mol. The molecule has 5 N–H and O–H groups in total. The van der Waals surface area contributed by atoms with E-state index in [-0.39, 0.29) is 5.91 Å². The molecule has 0 fully saturated rings. The van der Waals surface area contributed by atoms with Crippen LogP contribution in [0.5, 0.6) is 0 Å². The molecule has 1 aromatic carbocycles. The summed E-state index contributed by atoms with van der Waals surface area (Å²) in [5.74, 6) is -0.596. The summed E-state index contributed by atoms with van der Waals surface area (Å²) in [5.41, 5.74) is 6.61. The van der Waals surface area contributed by atoms with Gasteiger partial charge in [-0.2, -0.15) is 0 Å². The Labute approximate surface area is 131 Å². The molecule has 1 rings (SSSR count). The number of unbranched alkanes of at least 4 members (excludes halogenated alkanes) is 2. The summed E-state index contributed by atoms with van der Waals surface area (Å²) < 4.78 is 0. The van der Waals surface area contributed by atoms with Gasteiger partial charge in [-0.15, -0.1) is 0 Å². The highest BCUT2D eigenvalue weighted by molar-refractivity contribution is 5.97. The van der Waals surface area contributed by atoms with E-state index in [0.29, 0.717) is 17.8 Å². The fourth-order valence-corrected chi connectivity index (χ4v) is 1.83. The largest absolute Gasteiger partial charge is 0.391 e. The lowest BCUT2D eigenvalue weighted by atomic mass is 10.1. The van der Waals surface area contributed by atoms with Gasteiger partial charge in [-0.05, 0) is 37.6 Å². The molecule has 0 saturated carbocycles. The molecule has 0 spiro atoms. The van der Waals surface area contributed by atoms with Gasteiger partial charge in [0, 0.05) is 17.8 Å². The Morgan fingerprint density at radius 1 is 1.23 bits per heavy atom. The molecule has 2 amide bonds. The molecule has 0 unspecified atom stereocenters. The summed E-state index contributed by atoms with van der Waals surface area (Å²) in [6.07, 6.45) is 2.24. The highest BCUT2D eigenvalue weighted by atomic mass is 16.3. The zero-order valence-electron chi connectivity index (χ0n) is 13.1. The van der Waals surface area contributed by atoms with Crippen molar-refractivity contribution in [3.05, 3.63) is 29.8 Å². The second-order valence-electron chi connectivity index (χ2n) is 5.30. The molecule has 6 nitrogen and oxygen atoms in total. The molecule has 0 bridgehead atoms. The van der Waals surface area contributed by atoms with Gasteiger partial charge in [0.15, 0.2) is 0 Å². The van der Waals surface area contributed by atoms with Crippen LogP contribution < -0.4 is 16.4 Å². The van der Waals surface area contributed by atoms with Crippen molar-refractivity contribution in [2.75, 3.05) is 11.9 Å². The Kier molecular flexibility index (Phi) is 7.56. The number of rotatable bonds is 8. The van der Waals surface area contributed by atoms with E-state index in [1.165, 1.54) is 6.92 Å². The number of hydrogen-bond donors (Lipinski definition) is 4. The van der Waals surface area contributed by atoms with Crippen molar-refractivity contribution < 1.29 is 14.7 Å². The predicted octanol–water partition coefficient (Wildman–Crippen LogP) is 1.25. The standard InChI is InChI=1S/C16H25N3O3/c1-3-4-5-10-18-15(21)12-6-8-13(9-7-12)19-16(22)14(17)11(2)20/h6-9,11,14,20H,3-5,10,17H2,1-2H3,(H,18,21)(H,19,22)/t11-,14+/m1/s1. The van der Waals surface area contributed by atoms with E-state index in [4.69, 9.17) is 5.73 Å². The van der Waals surface area contributed by atoms with Gasteiger partial charge < -0.3 is 21.5 Å². The van der Waals surface area contributed by atoms with Crippen LogP contribution in [0.25, 0.3) is 0 Å². The number of aliphatic hydroxyl groups is 1. The molecule has 2 atom stereocenters. The van der Waals surface area contributed by atoms with Crippen molar-refractivity contribution in [1.82, 2.24) is 5.32 Å². The normalized spacial score (nSPS) is 13.3. The maximum Gasteiger partial charge on any atom is 0.251 e. The summed E-state index contributed by atoms with van der Waals surface area (Å²) >= 11 is 0. The van der Waals surface area contributed by atoms with Crippen LogP contribution in [-0.2, 0) is 4.79 Å². The van der Waals surface area contributed by atoms with Crippen LogP contribution in [0, 0.1) is 0 Å². The van der Waals surface area contributed by atoms with Crippen LogP contribution in [0.15, 0.2) is 24.3 Å². The first-order valence-corrected chi connectivity index (χ1v) is 7.58. The average Bonchev–Trinajstić information content (AvgIpc) is 2.51. The molecule has 122 valence electrons. The maximum atomic E-state index is 11.9. The second kappa shape index (κ2) is 9.17. The zero-order valence-corrected chi connectivity index (χ0v) is 13.1. The third-order valence-corrected chi connectivity index (χ3v) is 3.30. The number of hydrogen-bond acceptors (Lipinski definition) is 4. The van der Waals surface area contributed by atoms with Crippen LogP contribution in [0.3, 0.4) is 0 Å². The minimum Gasteiger partial charge on any atom is -0.391 e. The van der Waals surface area contributed by atoms with Crippen molar-refractivity contribution in [3.63, 3.8) is 0 Å². The average molecular weight is 307 g/mol. The molecule has 0 radical (unpaired) electrons. The Balaban J connectivity index is 2.52. The molecule has 22 heavy (non-hydrogen) atoms. The summed E-state index contributed by atoms with van der Waals surface area (Å²) in [5, 5.41) is 14.7. The first-order chi connectivity index (χ1) is 10.5. The van der Waals surface area contributed by atoms with Crippen molar-refractivity contribution in [1.29, 1.82) is 0 Å². The van der Waals surface area contributed by atoms with Gasteiger partial charge in [0.25, 0.3) is 5.91 Å². The highest BCUT2D eigenvalue weighted by Crippen LogP contribution is 2.10. The third kappa shape index (κ3) is 5.83. The SMILES string of the molecule is CCCCCNC(=O)c1ccc(NC(=O)[C@@H](N)[C@@H](C)O)cc1. The van der Waals surface area contributed by atoms with Crippen LogP contribution in [0.4, 0.5) is 5.69 Å². The van der Waals surface area contributed by atoms with E-state index >= 15 is 0 Å². The molecule has 0 aliphatic rings. The topological polar surface area (TPSA) is 104 Å². The number of amides is 2. The smallest absolute Gasteiger partial charge is 0.251 e. The van der Waals surface area contributed by atoms with E-state index in [2.05, 4.69) is 17.6 Å². The van der Waals surface area contributed by atoms with E-state index < -0.39 is 18.1 Å². The first kappa shape index (κ1) is 18.1. The first-order valence-electron chi connectivity index (χ1n) is 7.58. The maximum absolute atomic E-state index is 11.9. The number of nitrogens with two attached hydrogens (primary N) is 1. The van der Waals surface area contributed by atoms with Crippen molar-refractivity contribution in [3.8, 4) is 0 Å². The predicted molar refractivity (Wildman–Crippen MR) is 86.6 cm³/mol. The van der Waals surface area contributed by atoms with Gasteiger partial charge in [0.05, 0.1) is 6.10 Å². The fraction of sp³-hybridized carbons (Fsp3) is 0.500. The lowest BCUT2D eigenvalue weighted by molar-refractivity contribution is -0.119. The van der Waals surface area contributed by atoms with Gasteiger partial charge >= 0.3 is 0 Å². The van der Waals surface area contributed by atoms with E-state index in [1.54, 1.807) is 24.3 Å². The Morgan fingerprint density at radius 2 is 1.86 bits per heavy atom. The molecule has 0 aliphatic carbocycles. The lowest BCUT2D eigenvalue weighted by Crippen LogP contribution is -2.43. The minimum atomic E-state index is -0.985. The Morgan fingerprint density at radius 3 is 2.41 bits per heavy atom. The molecule has 0 saturated heterocycles. The molecule has 0 heterocycles. The summed E-state index contributed by atoms with van der Waals surface area (Å²) in [6.45, 7) is 4.23. The number of aliphatic hydroxyl groups excluding tert-OH is 1. The van der Waals surface area contributed by atoms with Gasteiger partial charge in [0.2, 0.25) is 5.91 Å². The van der Waals surface area contributed by atoms with Crippen LogP contribution in [0.1, 0.15) is 43.5 Å². The summed E-state index contributed by atoms with van der Waals surface area (Å²) in [4.78, 5) is 23.6. The molecule has 0 aromatic heterocycles. The number of carbonyl (C=O) groups is 2. The lowest BCUT2D eigenvalue weighted by Gasteiger charge is -2.14. The number of benzene rings is 1. The van der Waals surface area contributed by atoms with E-state index in [9.17, 15) is 14.7 Å². The van der Waals surface area contributed by atoms with Gasteiger partial charge in [0.1, 0.15) is 6.04 Å². The highest BCUT2D eigenvalue weighted by Gasteiger charge is 2.18. The van der Waals surface area contributed by atoms with Crippen molar-refractivity contribution in [2.45, 2.75) is 45.3 Å². The number of nitrogens with one attached hydrogen (secondary N) is 2.